The molecular weight excluding hydrogens is 384 g/mol. The minimum absolute atomic E-state index is 0.0356. The number of hydrogen-bond donors (Lipinski definition) is 2. The number of likely N-dealkylation sites (tertiary alicyclic amines) is 1. The van der Waals surface area contributed by atoms with Crippen LogP contribution in [0.3, 0.4) is 0 Å². The minimum atomic E-state index is -0.166. The number of hydrogen-bond acceptors (Lipinski definition) is 6. The van der Waals surface area contributed by atoms with Gasteiger partial charge in [-0.05, 0) is 47.5 Å². The van der Waals surface area contributed by atoms with Crippen LogP contribution in [0.5, 0.6) is 0 Å². The van der Waals surface area contributed by atoms with Crippen molar-refractivity contribution in [1.29, 1.82) is 0 Å². The Morgan fingerprint density at radius 1 is 1.13 bits per heavy atom. The van der Waals surface area contributed by atoms with E-state index in [4.69, 9.17) is 0 Å². The molecule has 3 amide bonds. The molecular formula is C20H22N8O2. The van der Waals surface area contributed by atoms with Crippen molar-refractivity contribution in [2.24, 2.45) is 7.05 Å². The Balaban J connectivity index is 1.31. The largest absolute Gasteiger partial charge is 0.349 e. The lowest BCUT2D eigenvalue weighted by molar-refractivity contribution is 0.0919. The van der Waals surface area contributed by atoms with Gasteiger partial charge in [0.15, 0.2) is 5.82 Å². The molecule has 0 spiro atoms. The maximum absolute atomic E-state index is 12.7. The number of carbonyl (C=O) groups is 2. The highest BCUT2D eigenvalue weighted by Gasteiger charge is 2.24. The standard InChI is InChI=1S/C20H22N8O2/c1-27-18(24-25-26-27)14-4-2-6-17(12-14)23-20(30)28-10-7-16(8-11-28)22-19(29)15-5-3-9-21-13-15/h2-6,9,12-13,16H,7-8,10-11H2,1H3,(H,22,29)(H,23,30). The van der Waals surface area contributed by atoms with Crippen LogP contribution in [0.4, 0.5) is 10.5 Å². The van der Waals surface area contributed by atoms with E-state index < -0.39 is 0 Å². The van der Waals surface area contributed by atoms with E-state index in [1.807, 2.05) is 24.3 Å². The highest BCUT2D eigenvalue weighted by atomic mass is 16.2. The Morgan fingerprint density at radius 2 is 1.97 bits per heavy atom. The van der Waals surface area contributed by atoms with E-state index in [-0.39, 0.29) is 18.0 Å². The molecule has 1 saturated heterocycles. The van der Waals surface area contributed by atoms with Crippen LogP contribution in [0.2, 0.25) is 0 Å². The van der Waals surface area contributed by atoms with Crippen LogP contribution in [-0.4, -0.2) is 61.2 Å². The molecule has 10 nitrogen and oxygen atoms in total. The zero-order valence-corrected chi connectivity index (χ0v) is 16.5. The molecule has 0 saturated carbocycles. The van der Waals surface area contributed by atoms with E-state index in [9.17, 15) is 9.59 Å². The molecule has 0 radical (unpaired) electrons. The van der Waals surface area contributed by atoms with Gasteiger partial charge in [0.1, 0.15) is 0 Å². The number of rotatable bonds is 4. The lowest BCUT2D eigenvalue weighted by Gasteiger charge is -2.32. The number of aryl methyl sites for hydroxylation is 1. The van der Waals surface area contributed by atoms with E-state index in [1.165, 1.54) is 0 Å². The number of amides is 3. The maximum atomic E-state index is 12.7. The minimum Gasteiger partial charge on any atom is -0.349 e. The quantitative estimate of drug-likeness (QED) is 0.681. The topological polar surface area (TPSA) is 118 Å². The molecule has 0 bridgehead atoms. The maximum Gasteiger partial charge on any atom is 0.321 e. The van der Waals surface area contributed by atoms with Gasteiger partial charge in [0.2, 0.25) is 0 Å². The highest BCUT2D eigenvalue weighted by Crippen LogP contribution is 2.20. The van der Waals surface area contributed by atoms with E-state index in [0.29, 0.717) is 43.0 Å². The first kappa shape index (κ1) is 19.5. The van der Waals surface area contributed by atoms with Gasteiger partial charge in [0.25, 0.3) is 5.91 Å². The number of tetrazole rings is 1. The van der Waals surface area contributed by atoms with Gasteiger partial charge in [-0.2, -0.15) is 0 Å². The highest BCUT2D eigenvalue weighted by molar-refractivity contribution is 5.94. The van der Waals surface area contributed by atoms with Crippen LogP contribution in [-0.2, 0) is 7.05 Å². The molecule has 3 heterocycles. The number of nitrogens with one attached hydrogen (secondary N) is 2. The number of nitrogens with zero attached hydrogens (tertiary/aromatic N) is 6. The number of piperidine rings is 1. The molecule has 0 aliphatic carbocycles. The van der Waals surface area contributed by atoms with Crippen molar-refractivity contribution in [3.05, 3.63) is 54.4 Å². The van der Waals surface area contributed by atoms with Gasteiger partial charge in [-0.1, -0.05) is 12.1 Å². The summed E-state index contributed by atoms with van der Waals surface area (Å²) in [5, 5.41) is 17.4. The summed E-state index contributed by atoms with van der Waals surface area (Å²) in [7, 11) is 1.76. The average molecular weight is 406 g/mol. The van der Waals surface area contributed by atoms with Crippen molar-refractivity contribution in [2.45, 2.75) is 18.9 Å². The molecule has 10 heteroatoms. The van der Waals surface area contributed by atoms with Gasteiger partial charge in [-0.15, -0.1) is 5.10 Å². The van der Waals surface area contributed by atoms with E-state index in [0.717, 1.165) is 5.56 Å². The first-order valence-electron chi connectivity index (χ1n) is 9.70. The van der Waals surface area contributed by atoms with Gasteiger partial charge in [0, 0.05) is 49.8 Å². The third-order valence-corrected chi connectivity index (χ3v) is 5.03. The Kier molecular flexibility index (Phi) is 5.64. The fourth-order valence-electron chi connectivity index (χ4n) is 3.41. The summed E-state index contributed by atoms with van der Waals surface area (Å²) < 4.78 is 1.57. The molecule has 1 aromatic carbocycles. The summed E-state index contributed by atoms with van der Waals surface area (Å²) in [6.45, 7) is 1.13. The van der Waals surface area contributed by atoms with Crippen LogP contribution in [0.1, 0.15) is 23.2 Å². The van der Waals surface area contributed by atoms with Crippen LogP contribution in [0.25, 0.3) is 11.4 Å². The SMILES string of the molecule is Cn1nnnc1-c1cccc(NC(=O)N2CCC(NC(=O)c3cccnc3)CC2)c1. The molecule has 1 fully saturated rings. The Labute approximate surface area is 173 Å². The second kappa shape index (κ2) is 8.68. The van der Waals surface area contributed by atoms with Crippen LogP contribution < -0.4 is 10.6 Å². The van der Waals surface area contributed by atoms with Crippen molar-refractivity contribution < 1.29 is 9.59 Å². The average Bonchev–Trinajstić information content (AvgIpc) is 3.21. The van der Waals surface area contributed by atoms with Crippen molar-refractivity contribution in [2.75, 3.05) is 18.4 Å². The van der Waals surface area contributed by atoms with Crippen LogP contribution in [0, 0.1) is 0 Å². The first-order chi connectivity index (χ1) is 14.6. The molecule has 1 aliphatic heterocycles. The Bertz CT molecular complexity index is 1030. The third-order valence-electron chi connectivity index (χ3n) is 5.03. The fourth-order valence-corrected chi connectivity index (χ4v) is 3.41. The smallest absolute Gasteiger partial charge is 0.321 e. The zero-order chi connectivity index (χ0) is 20.9. The Hall–Kier alpha value is -3.82. The zero-order valence-electron chi connectivity index (χ0n) is 16.5. The molecule has 2 aromatic heterocycles. The third kappa shape index (κ3) is 4.43. The van der Waals surface area contributed by atoms with Crippen molar-refractivity contribution >= 4 is 17.6 Å². The number of pyridine rings is 1. The first-order valence-corrected chi connectivity index (χ1v) is 9.70. The van der Waals surface area contributed by atoms with Crippen molar-refractivity contribution in [3.63, 3.8) is 0 Å². The predicted molar refractivity (Wildman–Crippen MR) is 110 cm³/mol. The summed E-state index contributed by atoms with van der Waals surface area (Å²) >= 11 is 0. The molecule has 3 aromatic rings. The normalized spacial score (nSPS) is 14.4. The number of benzene rings is 1. The van der Waals surface area contributed by atoms with Crippen LogP contribution >= 0.6 is 0 Å². The fraction of sp³-hybridized carbons (Fsp3) is 0.300. The van der Waals surface area contributed by atoms with Crippen molar-refractivity contribution in [3.8, 4) is 11.4 Å². The van der Waals surface area contributed by atoms with E-state index in [2.05, 4.69) is 31.1 Å². The van der Waals surface area contributed by atoms with Gasteiger partial charge in [0.05, 0.1) is 5.56 Å². The Morgan fingerprint density at radius 3 is 2.67 bits per heavy atom. The van der Waals surface area contributed by atoms with E-state index in [1.54, 1.807) is 41.2 Å². The van der Waals surface area contributed by atoms with Crippen LogP contribution in [0.15, 0.2) is 48.8 Å². The van der Waals surface area contributed by atoms with E-state index >= 15 is 0 Å². The van der Waals surface area contributed by atoms with Crippen molar-refractivity contribution in [1.82, 2.24) is 35.4 Å². The molecule has 0 unspecified atom stereocenters. The number of urea groups is 1. The number of anilines is 1. The second-order valence-electron chi connectivity index (χ2n) is 7.11. The molecule has 0 atom stereocenters. The van der Waals surface area contributed by atoms with Gasteiger partial charge in [-0.3, -0.25) is 9.78 Å². The molecule has 154 valence electrons. The monoisotopic (exact) mass is 406 g/mol. The van der Waals surface area contributed by atoms with Gasteiger partial charge >= 0.3 is 6.03 Å². The number of carbonyl (C=O) groups excluding carboxylic acids is 2. The van der Waals surface area contributed by atoms with Gasteiger partial charge < -0.3 is 15.5 Å². The summed E-state index contributed by atoms with van der Waals surface area (Å²) in [6.07, 6.45) is 4.57. The summed E-state index contributed by atoms with van der Waals surface area (Å²) in [5.74, 6) is 0.484. The van der Waals surface area contributed by atoms with Gasteiger partial charge in [-0.25, -0.2) is 9.48 Å². The summed E-state index contributed by atoms with van der Waals surface area (Å²) in [5.41, 5.74) is 2.03. The lowest BCUT2D eigenvalue weighted by Crippen LogP contribution is -2.47. The second-order valence-corrected chi connectivity index (χ2v) is 7.11. The summed E-state index contributed by atoms with van der Waals surface area (Å²) in [6, 6.07) is 10.7. The summed E-state index contributed by atoms with van der Waals surface area (Å²) in [4.78, 5) is 30.6. The molecule has 4 rings (SSSR count). The predicted octanol–water partition coefficient (Wildman–Crippen LogP) is 1.70. The number of aromatic nitrogens is 5. The molecule has 1 aliphatic rings. The lowest BCUT2D eigenvalue weighted by atomic mass is 10.0. The molecule has 2 N–H and O–H groups in total. The molecule has 30 heavy (non-hydrogen) atoms.